The number of carbonyl (C=O) groups is 1. The molecular weight excluding hydrogens is 216 g/mol. The van der Waals surface area contributed by atoms with E-state index in [1.54, 1.807) is 6.08 Å². The summed E-state index contributed by atoms with van der Waals surface area (Å²) in [7, 11) is 0. The standard InChI is InChI=1S/C13H18N2O2/c1-2-9-15-13(16)10-17-12-5-3-11(4-6-12)7-8-14/h2-6H,1,7-10,14H2,(H,15,16). The van der Waals surface area contributed by atoms with Crippen LogP contribution in [0.2, 0.25) is 0 Å². The van der Waals surface area contributed by atoms with Gasteiger partial charge in [0.1, 0.15) is 5.75 Å². The monoisotopic (exact) mass is 234 g/mol. The molecule has 0 aromatic heterocycles. The summed E-state index contributed by atoms with van der Waals surface area (Å²) in [5.41, 5.74) is 6.61. The molecule has 4 heteroatoms. The predicted octanol–water partition coefficient (Wildman–Crippen LogP) is 0.869. The molecule has 1 amide bonds. The highest BCUT2D eigenvalue weighted by Gasteiger charge is 2.01. The number of nitrogens with one attached hydrogen (secondary N) is 1. The van der Waals surface area contributed by atoms with Crippen molar-refractivity contribution >= 4 is 5.91 Å². The summed E-state index contributed by atoms with van der Waals surface area (Å²) in [6.45, 7) is 4.62. The van der Waals surface area contributed by atoms with E-state index in [0.29, 0.717) is 18.8 Å². The van der Waals surface area contributed by atoms with E-state index in [0.717, 1.165) is 12.0 Å². The Hall–Kier alpha value is -1.81. The molecule has 0 unspecified atom stereocenters. The highest BCUT2D eigenvalue weighted by molar-refractivity contribution is 5.77. The lowest BCUT2D eigenvalue weighted by molar-refractivity contribution is -0.122. The number of hydrogen-bond acceptors (Lipinski definition) is 3. The molecule has 0 atom stereocenters. The molecule has 1 aromatic carbocycles. The Kier molecular flexibility index (Phi) is 5.82. The summed E-state index contributed by atoms with van der Waals surface area (Å²) < 4.78 is 5.32. The molecular formula is C13H18N2O2. The largest absolute Gasteiger partial charge is 0.484 e. The third kappa shape index (κ3) is 5.17. The summed E-state index contributed by atoms with van der Waals surface area (Å²) in [6, 6.07) is 7.57. The average Bonchev–Trinajstić information content (AvgIpc) is 2.36. The zero-order chi connectivity index (χ0) is 12.5. The van der Waals surface area contributed by atoms with E-state index < -0.39 is 0 Å². The second-order valence-corrected chi connectivity index (χ2v) is 3.56. The van der Waals surface area contributed by atoms with Crippen molar-refractivity contribution in [2.75, 3.05) is 19.7 Å². The van der Waals surface area contributed by atoms with Gasteiger partial charge < -0.3 is 15.8 Å². The minimum absolute atomic E-state index is 0.0179. The molecule has 0 fully saturated rings. The summed E-state index contributed by atoms with van der Waals surface area (Å²) in [5, 5.41) is 2.64. The van der Waals surface area contributed by atoms with Crippen LogP contribution in [0.25, 0.3) is 0 Å². The van der Waals surface area contributed by atoms with Gasteiger partial charge in [0.05, 0.1) is 0 Å². The highest BCUT2D eigenvalue weighted by atomic mass is 16.5. The smallest absolute Gasteiger partial charge is 0.258 e. The number of benzene rings is 1. The van der Waals surface area contributed by atoms with Gasteiger partial charge in [-0.2, -0.15) is 0 Å². The molecule has 1 rings (SSSR count). The molecule has 92 valence electrons. The Morgan fingerprint density at radius 3 is 2.71 bits per heavy atom. The number of rotatable bonds is 7. The first kappa shape index (κ1) is 13.3. The maximum atomic E-state index is 11.2. The van der Waals surface area contributed by atoms with Crippen LogP contribution in [0.15, 0.2) is 36.9 Å². The predicted molar refractivity (Wildman–Crippen MR) is 67.9 cm³/mol. The minimum atomic E-state index is -0.157. The molecule has 0 spiro atoms. The fourth-order valence-corrected chi connectivity index (χ4v) is 1.30. The van der Waals surface area contributed by atoms with E-state index in [2.05, 4.69) is 11.9 Å². The van der Waals surface area contributed by atoms with Crippen molar-refractivity contribution in [2.45, 2.75) is 6.42 Å². The summed E-state index contributed by atoms with van der Waals surface area (Å²) in [4.78, 5) is 11.2. The lowest BCUT2D eigenvalue weighted by Crippen LogP contribution is -2.28. The van der Waals surface area contributed by atoms with Gasteiger partial charge >= 0.3 is 0 Å². The molecule has 0 aliphatic carbocycles. The topological polar surface area (TPSA) is 64.3 Å². The number of nitrogens with two attached hydrogens (primary N) is 1. The van der Waals surface area contributed by atoms with Crippen LogP contribution >= 0.6 is 0 Å². The molecule has 0 bridgehead atoms. The molecule has 17 heavy (non-hydrogen) atoms. The molecule has 0 saturated carbocycles. The Morgan fingerprint density at radius 2 is 2.12 bits per heavy atom. The Labute approximate surface area is 101 Å². The van der Waals surface area contributed by atoms with Gasteiger partial charge in [0.25, 0.3) is 5.91 Å². The van der Waals surface area contributed by atoms with Crippen molar-refractivity contribution in [3.8, 4) is 5.75 Å². The van der Waals surface area contributed by atoms with Gasteiger partial charge in [-0.1, -0.05) is 18.2 Å². The van der Waals surface area contributed by atoms with Crippen molar-refractivity contribution in [1.82, 2.24) is 5.32 Å². The van der Waals surface area contributed by atoms with Crippen molar-refractivity contribution < 1.29 is 9.53 Å². The number of hydrogen-bond donors (Lipinski definition) is 2. The quantitative estimate of drug-likeness (QED) is 0.688. The van der Waals surface area contributed by atoms with E-state index in [-0.39, 0.29) is 12.5 Å². The van der Waals surface area contributed by atoms with E-state index in [4.69, 9.17) is 10.5 Å². The fourth-order valence-electron chi connectivity index (χ4n) is 1.30. The molecule has 3 N–H and O–H groups in total. The van der Waals surface area contributed by atoms with Crippen molar-refractivity contribution in [1.29, 1.82) is 0 Å². The van der Waals surface area contributed by atoms with E-state index in [1.165, 1.54) is 0 Å². The fraction of sp³-hybridized carbons (Fsp3) is 0.308. The molecule has 4 nitrogen and oxygen atoms in total. The number of amides is 1. The number of ether oxygens (including phenoxy) is 1. The first-order chi connectivity index (χ1) is 8.26. The van der Waals surface area contributed by atoms with E-state index in [9.17, 15) is 4.79 Å². The van der Waals surface area contributed by atoms with Gasteiger partial charge in [0.2, 0.25) is 0 Å². The second kappa shape index (κ2) is 7.46. The van der Waals surface area contributed by atoms with Crippen molar-refractivity contribution in [3.63, 3.8) is 0 Å². The number of carbonyl (C=O) groups excluding carboxylic acids is 1. The lowest BCUT2D eigenvalue weighted by atomic mass is 10.1. The minimum Gasteiger partial charge on any atom is -0.484 e. The van der Waals surface area contributed by atoms with Crippen LogP contribution in [-0.4, -0.2) is 25.6 Å². The molecule has 0 aliphatic heterocycles. The maximum Gasteiger partial charge on any atom is 0.258 e. The van der Waals surface area contributed by atoms with Crippen LogP contribution in [0, 0.1) is 0 Å². The van der Waals surface area contributed by atoms with Crippen LogP contribution in [0.1, 0.15) is 5.56 Å². The Balaban J connectivity index is 2.36. The summed E-state index contributed by atoms with van der Waals surface area (Å²) in [5.74, 6) is 0.524. The Bertz CT molecular complexity index is 360. The third-order valence-electron chi connectivity index (χ3n) is 2.17. The molecule has 0 saturated heterocycles. The van der Waals surface area contributed by atoms with Crippen LogP contribution in [0.3, 0.4) is 0 Å². The zero-order valence-corrected chi connectivity index (χ0v) is 9.82. The highest BCUT2D eigenvalue weighted by Crippen LogP contribution is 2.12. The third-order valence-corrected chi connectivity index (χ3v) is 2.17. The molecule has 0 heterocycles. The van der Waals surface area contributed by atoms with Gasteiger partial charge in [0.15, 0.2) is 6.61 Å². The normalized spacial score (nSPS) is 9.71. The van der Waals surface area contributed by atoms with Gasteiger partial charge in [-0.3, -0.25) is 4.79 Å². The Morgan fingerprint density at radius 1 is 1.41 bits per heavy atom. The van der Waals surface area contributed by atoms with Crippen LogP contribution in [-0.2, 0) is 11.2 Å². The molecule has 0 radical (unpaired) electrons. The zero-order valence-electron chi connectivity index (χ0n) is 9.82. The van der Waals surface area contributed by atoms with Gasteiger partial charge in [-0.15, -0.1) is 6.58 Å². The van der Waals surface area contributed by atoms with Crippen molar-refractivity contribution in [3.05, 3.63) is 42.5 Å². The molecule has 0 aliphatic rings. The second-order valence-electron chi connectivity index (χ2n) is 3.56. The average molecular weight is 234 g/mol. The van der Waals surface area contributed by atoms with E-state index >= 15 is 0 Å². The first-order valence-electron chi connectivity index (χ1n) is 5.55. The van der Waals surface area contributed by atoms with Crippen molar-refractivity contribution in [2.24, 2.45) is 5.73 Å². The summed E-state index contributed by atoms with van der Waals surface area (Å²) >= 11 is 0. The first-order valence-corrected chi connectivity index (χ1v) is 5.55. The van der Waals surface area contributed by atoms with Gasteiger partial charge in [-0.25, -0.2) is 0 Å². The maximum absolute atomic E-state index is 11.2. The summed E-state index contributed by atoms with van der Waals surface area (Å²) in [6.07, 6.45) is 2.47. The van der Waals surface area contributed by atoms with Gasteiger partial charge in [-0.05, 0) is 30.7 Å². The SMILES string of the molecule is C=CCNC(=O)COc1ccc(CCN)cc1. The van der Waals surface area contributed by atoms with Crippen LogP contribution < -0.4 is 15.8 Å². The van der Waals surface area contributed by atoms with E-state index in [1.807, 2.05) is 24.3 Å². The molecule has 1 aromatic rings. The van der Waals surface area contributed by atoms with Crippen LogP contribution in [0.4, 0.5) is 0 Å². The van der Waals surface area contributed by atoms with Gasteiger partial charge in [0, 0.05) is 6.54 Å². The van der Waals surface area contributed by atoms with Crippen LogP contribution in [0.5, 0.6) is 5.75 Å². The lowest BCUT2D eigenvalue weighted by Gasteiger charge is -2.06.